The molecule has 2 aromatic carbocycles. The maximum Gasteiger partial charge on any atom is 0.359 e. The van der Waals surface area contributed by atoms with Crippen LogP contribution in [-0.2, 0) is 20.6 Å². The number of allylic oxidation sites excluding steroid dienone is 2. The Kier molecular flexibility index (Phi) is 10.1. The molecular formula is C35H36ClN2O11-. The van der Waals surface area contributed by atoms with E-state index < -0.39 is 59.1 Å². The molecule has 260 valence electrons. The first kappa shape index (κ1) is 35.5. The summed E-state index contributed by atoms with van der Waals surface area (Å²) in [5.74, 6) is -2.49. The van der Waals surface area contributed by atoms with Crippen LogP contribution in [0.4, 0.5) is 5.69 Å². The van der Waals surface area contributed by atoms with Crippen LogP contribution in [-0.4, -0.2) is 64.4 Å². The van der Waals surface area contributed by atoms with Gasteiger partial charge >= 0.3 is 11.6 Å². The summed E-state index contributed by atoms with van der Waals surface area (Å²) in [4.78, 5) is 41.8. The first-order valence-corrected chi connectivity index (χ1v) is 15.6. The number of H-pyrrole nitrogens is 1. The monoisotopic (exact) mass is 695 g/mol. The second kappa shape index (κ2) is 14.0. The van der Waals surface area contributed by atoms with Crippen molar-refractivity contribution in [1.82, 2.24) is 4.98 Å². The van der Waals surface area contributed by atoms with Crippen LogP contribution in [0.15, 0.2) is 63.3 Å². The maximum atomic E-state index is 13.4. The number of halogens is 1. The topological polar surface area (TPSA) is 193 Å². The minimum atomic E-state index is -1.58. The summed E-state index contributed by atoms with van der Waals surface area (Å²) in [6.07, 6.45) is -2.94. The van der Waals surface area contributed by atoms with Crippen LogP contribution in [0.1, 0.15) is 59.8 Å². The Bertz CT molecular complexity index is 1990. The number of esters is 1. The van der Waals surface area contributed by atoms with Gasteiger partial charge in [-0.2, -0.15) is 0 Å². The molecule has 0 bridgehead atoms. The minimum absolute atomic E-state index is 0.00661. The van der Waals surface area contributed by atoms with Crippen molar-refractivity contribution < 1.29 is 48.3 Å². The van der Waals surface area contributed by atoms with E-state index in [1.165, 1.54) is 37.4 Å². The van der Waals surface area contributed by atoms with Gasteiger partial charge in [0, 0.05) is 23.8 Å². The molecule has 0 aliphatic carbocycles. The molecule has 0 radical (unpaired) electrons. The van der Waals surface area contributed by atoms with E-state index in [1.54, 1.807) is 32.9 Å². The number of carbonyl (C=O) groups is 2. The normalized spacial score (nSPS) is 20.1. The molecule has 13 nitrogen and oxygen atoms in total. The molecule has 4 atom stereocenters. The van der Waals surface area contributed by atoms with E-state index in [0.717, 1.165) is 11.3 Å². The Hall–Kier alpha value is -4.82. The molecule has 1 saturated heterocycles. The number of fused-ring (bicyclic) bond motifs is 1. The first-order chi connectivity index (χ1) is 23.1. The highest BCUT2D eigenvalue weighted by molar-refractivity contribution is 6.36. The van der Waals surface area contributed by atoms with Crippen LogP contribution < -0.4 is 20.8 Å². The molecule has 0 spiro atoms. The number of aliphatic hydroxyl groups excluding tert-OH is 1. The van der Waals surface area contributed by atoms with Gasteiger partial charge in [0.1, 0.15) is 34.0 Å². The number of phenols is 1. The van der Waals surface area contributed by atoms with E-state index in [1.807, 2.05) is 19.9 Å². The summed E-state index contributed by atoms with van der Waals surface area (Å²) >= 11 is 6.56. The van der Waals surface area contributed by atoms with Crippen molar-refractivity contribution in [2.24, 2.45) is 0 Å². The molecule has 0 saturated carbocycles. The van der Waals surface area contributed by atoms with Crippen LogP contribution in [0.5, 0.6) is 17.2 Å². The van der Waals surface area contributed by atoms with Gasteiger partial charge in [-0.1, -0.05) is 29.0 Å². The summed E-state index contributed by atoms with van der Waals surface area (Å²) in [6, 6.07) is 9.99. The number of hydrogen-bond donors (Lipinski definition) is 4. The number of carbonyl (C=O) groups excluding carboxylic acids is 2. The third-order valence-corrected chi connectivity index (χ3v) is 8.41. The van der Waals surface area contributed by atoms with E-state index in [-0.39, 0.29) is 38.7 Å². The second-order valence-corrected chi connectivity index (χ2v) is 12.8. The lowest BCUT2D eigenvalue weighted by Crippen LogP contribution is -2.65. The SMILES string of the molecule is CO[C@@H]1[C@@H](OC(=O)c2ccc(C)[nH]2)[C@@H](O)[C@H](Oc2ccc3c([O-])c(NC(=O)c4ccc(O)c(CC=C(C)C)c4)c(=O)oc3c2Cl)OC1(C)C. The molecule has 0 unspecified atom stereocenters. The van der Waals surface area contributed by atoms with Crippen molar-refractivity contribution in [3.63, 3.8) is 0 Å². The molecule has 3 heterocycles. The summed E-state index contributed by atoms with van der Waals surface area (Å²) in [5, 5.41) is 36.7. The molecule has 4 N–H and O–H groups in total. The number of aryl methyl sites for hydroxylation is 1. The fourth-order valence-corrected chi connectivity index (χ4v) is 5.77. The Morgan fingerprint density at radius 1 is 1.16 bits per heavy atom. The number of benzene rings is 2. The lowest BCUT2D eigenvalue weighted by molar-refractivity contribution is -0.305. The van der Waals surface area contributed by atoms with Gasteiger partial charge < -0.3 is 49.0 Å². The maximum absolute atomic E-state index is 13.4. The number of ether oxygens (including phenoxy) is 4. The predicted octanol–water partition coefficient (Wildman–Crippen LogP) is 4.74. The van der Waals surface area contributed by atoms with Gasteiger partial charge in [0.25, 0.3) is 5.91 Å². The molecule has 49 heavy (non-hydrogen) atoms. The number of anilines is 1. The number of rotatable bonds is 9. The molecular weight excluding hydrogens is 660 g/mol. The lowest BCUT2D eigenvalue weighted by atomic mass is 9.89. The fourth-order valence-electron chi connectivity index (χ4n) is 5.52. The van der Waals surface area contributed by atoms with Crippen LogP contribution >= 0.6 is 11.6 Å². The number of nitrogens with one attached hydrogen (secondary N) is 2. The minimum Gasteiger partial charge on any atom is -0.870 e. The van der Waals surface area contributed by atoms with Gasteiger partial charge in [-0.25, -0.2) is 9.59 Å². The molecule has 1 aliphatic heterocycles. The Morgan fingerprint density at radius 2 is 1.90 bits per heavy atom. The molecule has 2 aromatic heterocycles. The Morgan fingerprint density at radius 3 is 2.55 bits per heavy atom. The molecule has 1 amide bonds. The van der Waals surface area contributed by atoms with Crippen molar-refractivity contribution in [3.05, 3.63) is 92.1 Å². The van der Waals surface area contributed by atoms with Crippen LogP contribution in [0.25, 0.3) is 11.0 Å². The van der Waals surface area contributed by atoms with Gasteiger partial charge in [-0.15, -0.1) is 0 Å². The highest BCUT2D eigenvalue weighted by Gasteiger charge is 2.53. The number of methoxy groups -OCH3 is 1. The van der Waals surface area contributed by atoms with Gasteiger partial charge in [0.2, 0.25) is 6.29 Å². The number of phenolic OH excluding ortho intramolecular Hbond substituents is 1. The molecule has 14 heteroatoms. The van der Waals surface area contributed by atoms with Crippen molar-refractivity contribution in [2.75, 3.05) is 12.4 Å². The highest BCUT2D eigenvalue weighted by atomic mass is 35.5. The highest BCUT2D eigenvalue weighted by Crippen LogP contribution is 2.40. The van der Waals surface area contributed by atoms with E-state index in [0.29, 0.717) is 12.0 Å². The summed E-state index contributed by atoms with van der Waals surface area (Å²) in [7, 11) is 1.39. The molecule has 1 fully saturated rings. The van der Waals surface area contributed by atoms with Gasteiger partial charge in [-0.3, -0.25) is 4.79 Å². The van der Waals surface area contributed by atoms with Crippen LogP contribution in [0, 0.1) is 6.92 Å². The number of amides is 1. The Labute approximate surface area is 286 Å². The van der Waals surface area contributed by atoms with Crippen molar-refractivity contribution in [3.8, 4) is 17.2 Å². The second-order valence-electron chi connectivity index (χ2n) is 12.4. The van der Waals surface area contributed by atoms with E-state index in [9.17, 15) is 29.7 Å². The summed E-state index contributed by atoms with van der Waals surface area (Å²) < 4.78 is 28.5. The lowest BCUT2D eigenvalue weighted by Gasteiger charge is -2.47. The summed E-state index contributed by atoms with van der Waals surface area (Å²) in [5.41, 5.74) is -0.772. The quantitative estimate of drug-likeness (QED) is 0.107. The average Bonchev–Trinajstić information content (AvgIpc) is 3.48. The largest absolute Gasteiger partial charge is 0.870 e. The number of aromatic hydroxyl groups is 1. The number of aromatic nitrogens is 1. The standard InChI is InChI=1S/C35H37ClN2O11/c1-16(2)7-9-18-15-19(10-13-22(18)39)31(42)38-25-26(40)20-11-14-23(24(36)28(20)47-33(25)44)46-34-27(41)29(30(45-6)35(4,5)49-34)48-32(43)21-12-8-17(3)37-21/h7-8,10-15,27,29-30,34,37,39-41H,9H2,1-6H3,(H,38,42)/p-1/t27-,29+,30-,34-/m1/s1. The predicted molar refractivity (Wildman–Crippen MR) is 177 cm³/mol. The van der Waals surface area contributed by atoms with Crippen molar-refractivity contribution >= 4 is 40.1 Å². The van der Waals surface area contributed by atoms with Gasteiger partial charge in [0.15, 0.2) is 17.8 Å². The van der Waals surface area contributed by atoms with Gasteiger partial charge in [-0.05, 0) is 89.1 Å². The molecule has 1 aliphatic rings. The number of hydrogen-bond acceptors (Lipinski definition) is 11. The molecule has 5 rings (SSSR count). The van der Waals surface area contributed by atoms with Crippen molar-refractivity contribution in [1.29, 1.82) is 0 Å². The number of aromatic amines is 1. The fraction of sp³-hybridized carbons (Fsp3) is 0.343. The Balaban J connectivity index is 1.40. The first-order valence-electron chi connectivity index (χ1n) is 15.3. The zero-order chi connectivity index (χ0) is 35.8. The van der Waals surface area contributed by atoms with E-state index in [4.69, 9.17) is 35.0 Å². The van der Waals surface area contributed by atoms with Gasteiger partial charge in [0.05, 0.1) is 5.60 Å². The van der Waals surface area contributed by atoms with Crippen LogP contribution in [0.2, 0.25) is 5.02 Å². The average molecular weight is 696 g/mol. The third kappa shape index (κ3) is 7.30. The molecule has 4 aromatic rings. The third-order valence-electron chi connectivity index (χ3n) is 8.05. The van der Waals surface area contributed by atoms with E-state index in [2.05, 4.69) is 10.3 Å². The smallest absolute Gasteiger partial charge is 0.359 e. The van der Waals surface area contributed by atoms with Crippen LogP contribution in [0.3, 0.4) is 0 Å². The number of aliphatic hydroxyl groups is 1. The zero-order valence-electron chi connectivity index (χ0n) is 27.6. The summed E-state index contributed by atoms with van der Waals surface area (Å²) in [6.45, 7) is 8.89. The van der Waals surface area contributed by atoms with E-state index >= 15 is 0 Å². The van der Waals surface area contributed by atoms with Crippen molar-refractivity contribution in [2.45, 2.75) is 71.2 Å². The zero-order valence-corrected chi connectivity index (χ0v) is 28.3.